The Labute approximate surface area is 129 Å². The Morgan fingerprint density at radius 2 is 1.95 bits per heavy atom. The van der Waals surface area contributed by atoms with Gasteiger partial charge in [0.05, 0.1) is 0 Å². The predicted molar refractivity (Wildman–Crippen MR) is 88.7 cm³/mol. The number of likely N-dealkylation sites (tertiary alicyclic amines) is 1. The molecule has 1 aromatic carbocycles. The molecule has 0 bridgehead atoms. The van der Waals surface area contributed by atoms with Crippen molar-refractivity contribution < 1.29 is 0 Å². The molecule has 21 heavy (non-hydrogen) atoms. The Bertz CT molecular complexity index is 440. The molecule has 0 aromatic heterocycles. The summed E-state index contributed by atoms with van der Waals surface area (Å²) >= 11 is 0. The van der Waals surface area contributed by atoms with Gasteiger partial charge in [-0.3, -0.25) is 4.90 Å². The van der Waals surface area contributed by atoms with Gasteiger partial charge < -0.3 is 10.2 Å². The lowest BCUT2D eigenvalue weighted by molar-refractivity contribution is 0.233. The Kier molecular flexibility index (Phi) is 5.28. The SMILES string of the molecule is CN1CCCC(c2cccc(CN3CCNCC3)c2)CC1. The molecule has 3 nitrogen and oxygen atoms in total. The molecule has 1 N–H and O–H groups in total. The molecule has 3 heteroatoms. The molecule has 1 unspecified atom stereocenters. The van der Waals surface area contributed by atoms with Crippen molar-refractivity contribution in [1.29, 1.82) is 0 Å². The Morgan fingerprint density at radius 1 is 1.10 bits per heavy atom. The van der Waals surface area contributed by atoms with Gasteiger partial charge in [-0.05, 0) is 56.4 Å². The molecule has 3 rings (SSSR count). The number of piperazine rings is 1. The van der Waals surface area contributed by atoms with Crippen molar-refractivity contribution in [3.8, 4) is 0 Å². The summed E-state index contributed by atoms with van der Waals surface area (Å²) in [6.45, 7) is 8.24. The average molecular weight is 287 g/mol. The maximum absolute atomic E-state index is 3.43. The van der Waals surface area contributed by atoms with Crippen molar-refractivity contribution in [2.45, 2.75) is 31.7 Å². The summed E-state index contributed by atoms with van der Waals surface area (Å²) in [4.78, 5) is 5.04. The molecular weight excluding hydrogens is 258 g/mol. The van der Waals surface area contributed by atoms with Crippen LogP contribution in [0.1, 0.15) is 36.3 Å². The number of nitrogens with zero attached hydrogens (tertiary/aromatic N) is 2. The molecule has 1 aromatic rings. The molecule has 0 radical (unpaired) electrons. The minimum Gasteiger partial charge on any atom is -0.314 e. The first-order chi connectivity index (χ1) is 10.3. The monoisotopic (exact) mass is 287 g/mol. The first-order valence-electron chi connectivity index (χ1n) is 8.52. The number of nitrogens with one attached hydrogen (secondary N) is 1. The standard InChI is InChI=1S/C18H29N3/c1-20-10-3-6-17(7-11-20)18-5-2-4-16(14-18)15-21-12-8-19-9-13-21/h2,4-5,14,17,19H,3,6-13,15H2,1H3. The molecule has 0 amide bonds. The normalized spacial score (nSPS) is 25.7. The lowest BCUT2D eigenvalue weighted by Crippen LogP contribution is -2.42. The van der Waals surface area contributed by atoms with Gasteiger partial charge in [0.1, 0.15) is 0 Å². The smallest absolute Gasteiger partial charge is 0.0234 e. The molecule has 116 valence electrons. The van der Waals surface area contributed by atoms with Crippen LogP contribution in [0.4, 0.5) is 0 Å². The van der Waals surface area contributed by atoms with Crippen molar-refractivity contribution in [1.82, 2.24) is 15.1 Å². The molecular formula is C18H29N3. The second kappa shape index (κ2) is 7.39. The molecule has 2 saturated heterocycles. The van der Waals surface area contributed by atoms with Gasteiger partial charge in [0.2, 0.25) is 0 Å². The number of hydrogen-bond acceptors (Lipinski definition) is 3. The molecule has 1 atom stereocenters. The van der Waals surface area contributed by atoms with Crippen LogP contribution in [0.3, 0.4) is 0 Å². The zero-order valence-electron chi connectivity index (χ0n) is 13.4. The van der Waals surface area contributed by atoms with Crippen LogP contribution in [0, 0.1) is 0 Å². The molecule has 2 aliphatic rings. The van der Waals surface area contributed by atoms with E-state index in [2.05, 4.69) is 46.4 Å². The average Bonchev–Trinajstić information content (AvgIpc) is 2.73. The fourth-order valence-electron chi connectivity index (χ4n) is 3.65. The maximum atomic E-state index is 3.43. The highest BCUT2D eigenvalue weighted by atomic mass is 15.2. The quantitative estimate of drug-likeness (QED) is 0.920. The molecule has 0 spiro atoms. The summed E-state index contributed by atoms with van der Waals surface area (Å²) in [6, 6.07) is 9.38. The van der Waals surface area contributed by atoms with E-state index in [-0.39, 0.29) is 0 Å². The Morgan fingerprint density at radius 3 is 2.81 bits per heavy atom. The molecule has 0 saturated carbocycles. The van der Waals surface area contributed by atoms with Gasteiger partial charge in [0.15, 0.2) is 0 Å². The van der Waals surface area contributed by atoms with Gasteiger partial charge in [0.25, 0.3) is 0 Å². The Hall–Kier alpha value is -0.900. The number of rotatable bonds is 3. The fourth-order valence-corrected chi connectivity index (χ4v) is 3.65. The van der Waals surface area contributed by atoms with Crippen LogP contribution in [0.15, 0.2) is 24.3 Å². The van der Waals surface area contributed by atoms with Crippen molar-refractivity contribution >= 4 is 0 Å². The number of benzene rings is 1. The van der Waals surface area contributed by atoms with E-state index in [1.807, 2.05) is 0 Å². The van der Waals surface area contributed by atoms with E-state index in [1.165, 1.54) is 51.0 Å². The van der Waals surface area contributed by atoms with E-state index in [1.54, 1.807) is 5.56 Å². The highest BCUT2D eigenvalue weighted by molar-refractivity contribution is 5.26. The van der Waals surface area contributed by atoms with Crippen LogP contribution in [0.5, 0.6) is 0 Å². The first-order valence-corrected chi connectivity index (χ1v) is 8.52. The van der Waals surface area contributed by atoms with E-state index in [4.69, 9.17) is 0 Å². The third kappa shape index (κ3) is 4.29. The van der Waals surface area contributed by atoms with E-state index in [9.17, 15) is 0 Å². The summed E-state index contributed by atoms with van der Waals surface area (Å²) in [5.74, 6) is 0.762. The van der Waals surface area contributed by atoms with Crippen LogP contribution < -0.4 is 5.32 Å². The molecule has 2 aliphatic heterocycles. The minimum atomic E-state index is 0.762. The lowest BCUT2D eigenvalue weighted by atomic mass is 9.91. The number of hydrogen-bond donors (Lipinski definition) is 1. The fraction of sp³-hybridized carbons (Fsp3) is 0.667. The predicted octanol–water partition coefficient (Wildman–Crippen LogP) is 2.29. The van der Waals surface area contributed by atoms with Crippen LogP contribution in [-0.2, 0) is 6.54 Å². The first kappa shape index (κ1) is 15.0. The van der Waals surface area contributed by atoms with Crippen molar-refractivity contribution in [3.63, 3.8) is 0 Å². The Balaban J connectivity index is 1.64. The largest absolute Gasteiger partial charge is 0.314 e. The van der Waals surface area contributed by atoms with Crippen molar-refractivity contribution in [2.75, 3.05) is 46.3 Å². The van der Waals surface area contributed by atoms with Gasteiger partial charge in [-0.1, -0.05) is 24.3 Å². The zero-order chi connectivity index (χ0) is 14.5. The van der Waals surface area contributed by atoms with Gasteiger partial charge in [-0.15, -0.1) is 0 Å². The van der Waals surface area contributed by atoms with Crippen LogP contribution in [0.2, 0.25) is 0 Å². The van der Waals surface area contributed by atoms with E-state index in [0.29, 0.717) is 0 Å². The topological polar surface area (TPSA) is 18.5 Å². The second-order valence-corrected chi connectivity index (χ2v) is 6.70. The highest BCUT2D eigenvalue weighted by Crippen LogP contribution is 2.28. The van der Waals surface area contributed by atoms with Crippen molar-refractivity contribution in [2.24, 2.45) is 0 Å². The van der Waals surface area contributed by atoms with E-state index >= 15 is 0 Å². The van der Waals surface area contributed by atoms with Gasteiger partial charge in [-0.25, -0.2) is 0 Å². The zero-order valence-corrected chi connectivity index (χ0v) is 13.4. The molecule has 2 fully saturated rings. The van der Waals surface area contributed by atoms with Gasteiger partial charge in [0, 0.05) is 32.7 Å². The lowest BCUT2D eigenvalue weighted by Gasteiger charge is -2.27. The van der Waals surface area contributed by atoms with E-state index in [0.717, 1.165) is 25.6 Å². The van der Waals surface area contributed by atoms with Crippen LogP contribution in [-0.4, -0.2) is 56.1 Å². The molecule has 0 aliphatic carbocycles. The third-order valence-electron chi connectivity index (χ3n) is 4.99. The highest BCUT2D eigenvalue weighted by Gasteiger charge is 2.17. The summed E-state index contributed by atoms with van der Waals surface area (Å²) in [6.07, 6.45) is 4.00. The molecule has 2 heterocycles. The third-order valence-corrected chi connectivity index (χ3v) is 4.99. The minimum absolute atomic E-state index is 0.762. The van der Waals surface area contributed by atoms with Crippen molar-refractivity contribution in [3.05, 3.63) is 35.4 Å². The summed E-state index contributed by atoms with van der Waals surface area (Å²) in [7, 11) is 2.25. The van der Waals surface area contributed by atoms with Gasteiger partial charge in [-0.2, -0.15) is 0 Å². The van der Waals surface area contributed by atoms with Gasteiger partial charge >= 0.3 is 0 Å². The summed E-state index contributed by atoms with van der Waals surface area (Å²) in [5, 5.41) is 3.43. The van der Waals surface area contributed by atoms with Crippen LogP contribution >= 0.6 is 0 Å². The van der Waals surface area contributed by atoms with E-state index < -0.39 is 0 Å². The van der Waals surface area contributed by atoms with Crippen LogP contribution in [0.25, 0.3) is 0 Å². The summed E-state index contributed by atoms with van der Waals surface area (Å²) < 4.78 is 0. The second-order valence-electron chi connectivity index (χ2n) is 6.70. The summed E-state index contributed by atoms with van der Waals surface area (Å²) in [5.41, 5.74) is 3.06. The maximum Gasteiger partial charge on any atom is 0.0234 e.